The van der Waals surface area contributed by atoms with Crippen LogP contribution in [0.4, 0.5) is 0 Å². The zero-order valence-electron chi connectivity index (χ0n) is 10.8. The fraction of sp³-hybridized carbons (Fsp3) is 0.857. The lowest BCUT2D eigenvalue weighted by atomic mass is 10.1. The van der Waals surface area contributed by atoms with Crippen LogP contribution in [0.2, 0.25) is 0 Å². The molecule has 1 aliphatic rings. The molecule has 3 nitrogen and oxygen atoms in total. The third-order valence-corrected chi connectivity index (χ3v) is 2.83. The van der Waals surface area contributed by atoms with Crippen LogP contribution in [0.3, 0.4) is 0 Å². The van der Waals surface area contributed by atoms with Gasteiger partial charge in [0.1, 0.15) is 6.61 Å². The van der Waals surface area contributed by atoms with Gasteiger partial charge >= 0.3 is 0 Å². The summed E-state index contributed by atoms with van der Waals surface area (Å²) in [5.41, 5.74) is 0. The lowest BCUT2D eigenvalue weighted by Crippen LogP contribution is -2.22. The van der Waals surface area contributed by atoms with Crippen molar-refractivity contribution in [2.45, 2.75) is 64.3 Å². The summed E-state index contributed by atoms with van der Waals surface area (Å²) in [5.74, 6) is 5.88. The normalized spacial score (nSPS) is 21.6. The molecule has 1 N–H and O–H groups in total. The van der Waals surface area contributed by atoms with Crippen LogP contribution in [0.5, 0.6) is 0 Å². The van der Waals surface area contributed by atoms with Crippen molar-refractivity contribution in [3.05, 3.63) is 0 Å². The molecule has 0 aromatic heterocycles. The van der Waals surface area contributed by atoms with E-state index in [4.69, 9.17) is 9.47 Å². The summed E-state index contributed by atoms with van der Waals surface area (Å²) in [6.45, 7) is 3.33. The average molecular weight is 240 g/mol. The Labute approximate surface area is 104 Å². The predicted octanol–water partition coefficient (Wildman–Crippen LogP) is 2.47. The minimum Gasteiger partial charge on any atom is -0.392 e. The first kappa shape index (κ1) is 14.5. The fourth-order valence-corrected chi connectivity index (χ4v) is 1.76. The fourth-order valence-electron chi connectivity index (χ4n) is 1.76. The molecule has 2 unspecified atom stereocenters. The van der Waals surface area contributed by atoms with Crippen LogP contribution in [-0.2, 0) is 9.47 Å². The molecule has 0 aromatic rings. The van der Waals surface area contributed by atoms with E-state index >= 15 is 0 Å². The van der Waals surface area contributed by atoms with Gasteiger partial charge in [0, 0.05) is 13.0 Å². The maximum absolute atomic E-state index is 9.56. The number of hydrogen-bond acceptors (Lipinski definition) is 3. The maximum Gasteiger partial charge on any atom is 0.158 e. The largest absolute Gasteiger partial charge is 0.392 e. The van der Waals surface area contributed by atoms with E-state index in [0.717, 1.165) is 38.7 Å². The first-order valence-corrected chi connectivity index (χ1v) is 6.70. The summed E-state index contributed by atoms with van der Waals surface area (Å²) in [6, 6.07) is 0. The van der Waals surface area contributed by atoms with E-state index in [1.165, 1.54) is 6.42 Å². The minimum absolute atomic E-state index is 0.0666. The first-order chi connectivity index (χ1) is 8.33. The van der Waals surface area contributed by atoms with Crippen molar-refractivity contribution in [1.29, 1.82) is 0 Å². The van der Waals surface area contributed by atoms with Gasteiger partial charge in [-0.15, -0.1) is 0 Å². The third kappa shape index (κ3) is 7.38. The Kier molecular flexibility index (Phi) is 8.08. The van der Waals surface area contributed by atoms with Crippen LogP contribution >= 0.6 is 0 Å². The summed E-state index contributed by atoms with van der Waals surface area (Å²) >= 11 is 0. The molecule has 0 radical (unpaired) electrons. The van der Waals surface area contributed by atoms with Crippen molar-refractivity contribution < 1.29 is 14.6 Å². The summed E-state index contributed by atoms with van der Waals surface area (Å²) in [6.07, 6.45) is 6.51. The molecule has 0 bridgehead atoms. The Hall–Kier alpha value is -0.560. The van der Waals surface area contributed by atoms with Crippen molar-refractivity contribution >= 4 is 0 Å². The van der Waals surface area contributed by atoms with E-state index in [-0.39, 0.29) is 12.4 Å². The van der Waals surface area contributed by atoms with Gasteiger partial charge in [-0.2, -0.15) is 0 Å². The van der Waals surface area contributed by atoms with Crippen molar-refractivity contribution in [3.63, 3.8) is 0 Å². The van der Waals surface area contributed by atoms with Gasteiger partial charge < -0.3 is 14.6 Å². The zero-order chi connectivity index (χ0) is 12.3. The number of rotatable bonds is 6. The van der Waals surface area contributed by atoms with Crippen LogP contribution < -0.4 is 0 Å². The Morgan fingerprint density at radius 3 is 3.00 bits per heavy atom. The standard InChI is InChI=1S/C14H24O3/c1-2-3-8-13(15)9-4-6-11-16-14-10-5-7-12-17-14/h13-15H,2-3,5,7-12H2,1H3. The monoisotopic (exact) mass is 240 g/mol. The van der Waals surface area contributed by atoms with E-state index in [9.17, 15) is 5.11 Å². The topological polar surface area (TPSA) is 38.7 Å². The molecule has 0 aromatic carbocycles. The Balaban J connectivity index is 2.01. The summed E-state index contributed by atoms with van der Waals surface area (Å²) < 4.78 is 10.9. The molecule has 3 heteroatoms. The van der Waals surface area contributed by atoms with Crippen LogP contribution in [0, 0.1) is 11.8 Å². The Morgan fingerprint density at radius 1 is 1.41 bits per heavy atom. The molecule has 2 atom stereocenters. The number of hydrogen-bond donors (Lipinski definition) is 1. The highest BCUT2D eigenvalue weighted by atomic mass is 16.7. The second kappa shape index (κ2) is 9.47. The minimum atomic E-state index is -0.284. The van der Waals surface area contributed by atoms with E-state index in [1.807, 2.05) is 0 Å². The molecule has 1 rings (SSSR count). The Morgan fingerprint density at radius 2 is 2.29 bits per heavy atom. The molecule has 1 aliphatic heterocycles. The average Bonchev–Trinajstić information content (AvgIpc) is 2.37. The Bertz CT molecular complexity index is 236. The van der Waals surface area contributed by atoms with Crippen molar-refractivity contribution in [3.8, 4) is 11.8 Å². The maximum atomic E-state index is 9.56. The van der Waals surface area contributed by atoms with E-state index in [1.54, 1.807) is 0 Å². The number of unbranched alkanes of at least 4 members (excludes halogenated alkanes) is 1. The van der Waals surface area contributed by atoms with Gasteiger partial charge in [-0.25, -0.2) is 0 Å². The van der Waals surface area contributed by atoms with Crippen molar-refractivity contribution in [1.82, 2.24) is 0 Å². The van der Waals surface area contributed by atoms with E-state index in [2.05, 4.69) is 18.8 Å². The van der Waals surface area contributed by atoms with Crippen LogP contribution in [0.25, 0.3) is 0 Å². The zero-order valence-corrected chi connectivity index (χ0v) is 10.8. The van der Waals surface area contributed by atoms with Crippen molar-refractivity contribution in [2.75, 3.05) is 13.2 Å². The molecule has 1 saturated heterocycles. The van der Waals surface area contributed by atoms with Crippen molar-refractivity contribution in [2.24, 2.45) is 0 Å². The molecule has 0 aliphatic carbocycles. The number of aliphatic hydroxyl groups excluding tert-OH is 1. The second-order valence-electron chi connectivity index (χ2n) is 4.46. The molecule has 0 spiro atoms. The third-order valence-electron chi connectivity index (χ3n) is 2.83. The van der Waals surface area contributed by atoms with Crippen LogP contribution in [-0.4, -0.2) is 30.7 Å². The van der Waals surface area contributed by atoms with E-state index < -0.39 is 0 Å². The quantitative estimate of drug-likeness (QED) is 0.725. The van der Waals surface area contributed by atoms with Gasteiger partial charge in [-0.1, -0.05) is 31.6 Å². The van der Waals surface area contributed by atoms with Gasteiger partial charge in [0.2, 0.25) is 0 Å². The molecule has 1 fully saturated rings. The molecule has 1 heterocycles. The van der Waals surface area contributed by atoms with Gasteiger partial charge in [-0.05, 0) is 25.7 Å². The second-order valence-corrected chi connectivity index (χ2v) is 4.46. The lowest BCUT2D eigenvalue weighted by Gasteiger charge is -2.21. The molecule has 0 saturated carbocycles. The predicted molar refractivity (Wildman–Crippen MR) is 67.5 cm³/mol. The van der Waals surface area contributed by atoms with E-state index in [0.29, 0.717) is 13.0 Å². The SMILES string of the molecule is CCCCC(O)CC#CCOC1CCCCO1. The number of aliphatic hydroxyl groups is 1. The van der Waals surface area contributed by atoms with Gasteiger partial charge in [0.25, 0.3) is 0 Å². The molecule has 17 heavy (non-hydrogen) atoms. The van der Waals surface area contributed by atoms with Gasteiger partial charge in [-0.3, -0.25) is 0 Å². The summed E-state index contributed by atoms with van der Waals surface area (Å²) in [4.78, 5) is 0. The molecule has 0 amide bonds. The lowest BCUT2D eigenvalue weighted by molar-refractivity contribution is -0.154. The first-order valence-electron chi connectivity index (χ1n) is 6.70. The van der Waals surface area contributed by atoms with Gasteiger partial charge in [0.05, 0.1) is 6.10 Å². The highest BCUT2D eigenvalue weighted by molar-refractivity contribution is 5.00. The van der Waals surface area contributed by atoms with Crippen LogP contribution in [0.1, 0.15) is 51.9 Å². The summed E-state index contributed by atoms with van der Waals surface area (Å²) in [5, 5.41) is 9.56. The van der Waals surface area contributed by atoms with Crippen LogP contribution in [0.15, 0.2) is 0 Å². The highest BCUT2D eigenvalue weighted by Gasteiger charge is 2.12. The molecule has 98 valence electrons. The number of ether oxygens (including phenoxy) is 2. The summed E-state index contributed by atoms with van der Waals surface area (Å²) in [7, 11) is 0. The van der Waals surface area contributed by atoms with Gasteiger partial charge in [0.15, 0.2) is 6.29 Å². The molecular formula is C14H24O3. The molecular weight excluding hydrogens is 216 g/mol. The highest BCUT2D eigenvalue weighted by Crippen LogP contribution is 2.13. The smallest absolute Gasteiger partial charge is 0.158 e.